The lowest BCUT2D eigenvalue weighted by molar-refractivity contribution is 1.79. The van der Waals surface area contributed by atoms with Gasteiger partial charge < -0.3 is 0 Å². The van der Waals surface area contributed by atoms with Gasteiger partial charge in [0.05, 0.1) is 4.34 Å². The third-order valence-corrected chi connectivity index (χ3v) is 5.65. The third-order valence-electron chi connectivity index (χ3n) is 4.33. The van der Waals surface area contributed by atoms with Gasteiger partial charge in [-0.3, -0.25) is 0 Å². The number of hydrogen-bond acceptors (Lipinski definition) is 1. The van der Waals surface area contributed by atoms with Crippen LogP contribution < -0.4 is 0 Å². The summed E-state index contributed by atoms with van der Waals surface area (Å²) in [7, 11) is 0. The van der Waals surface area contributed by atoms with E-state index in [1.54, 1.807) is 11.3 Å². The summed E-state index contributed by atoms with van der Waals surface area (Å²) in [6.07, 6.45) is 0. The minimum absolute atomic E-state index is 0.848. The normalized spacial score (nSPS) is 11.9. The molecule has 0 N–H and O–H groups in total. The second kappa shape index (κ2) is 4.45. The van der Waals surface area contributed by atoms with Crippen molar-refractivity contribution in [3.63, 3.8) is 0 Å². The smallest absolute Gasteiger partial charge is 0.0941 e. The summed E-state index contributed by atoms with van der Waals surface area (Å²) in [5.74, 6) is 0. The second-order valence-corrected chi connectivity index (χ2v) is 7.30. The minimum atomic E-state index is 0.848. The average molecular weight is 319 g/mol. The first-order valence-corrected chi connectivity index (χ1v) is 8.42. The maximum absolute atomic E-state index is 6.20. The Labute approximate surface area is 136 Å². The Kier molecular flexibility index (Phi) is 2.52. The van der Waals surface area contributed by atoms with Crippen molar-refractivity contribution in [2.24, 2.45) is 0 Å². The molecule has 0 radical (unpaired) electrons. The van der Waals surface area contributed by atoms with Gasteiger partial charge in [0, 0.05) is 10.1 Å². The molecule has 0 nitrogen and oxygen atoms in total. The van der Waals surface area contributed by atoms with Crippen LogP contribution in [0, 0.1) is 0 Å². The Hall–Kier alpha value is -2.09. The van der Waals surface area contributed by atoms with Gasteiger partial charge in [0.15, 0.2) is 0 Å². The number of fused-ring (bicyclic) bond motifs is 6. The quantitative estimate of drug-likeness (QED) is 0.213. The summed E-state index contributed by atoms with van der Waals surface area (Å²) in [6, 6.07) is 24.0. The van der Waals surface area contributed by atoms with Gasteiger partial charge >= 0.3 is 0 Å². The molecule has 2 heteroatoms. The Morgan fingerprint density at radius 3 is 2.18 bits per heavy atom. The Balaban J connectivity index is 2.01. The monoisotopic (exact) mass is 318 g/mol. The van der Waals surface area contributed by atoms with Crippen LogP contribution in [0.25, 0.3) is 42.4 Å². The van der Waals surface area contributed by atoms with E-state index in [1.807, 2.05) is 6.07 Å². The Bertz CT molecular complexity index is 1180. The topological polar surface area (TPSA) is 0 Å². The van der Waals surface area contributed by atoms with Crippen molar-refractivity contribution in [3.8, 4) is 0 Å². The first-order valence-electron chi connectivity index (χ1n) is 7.23. The van der Waals surface area contributed by atoms with Crippen LogP contribution in [-0.2, 0) is 0 Å². The predicted octanol–water partition coefficient (Wildman–Crippen LogP) is 7.01. The van der Waals surface area contributed by atoms with Crippen LogP contribution in [-0.4, -0.2) is 0 Å². The number of benzene rings is 4. The van der Waals surface area contributed by atoms with E-state index in [0.717, 1.165) is 4.34 Å². The molecule has 4 aromatic carbocycles. The summed E-state index contributed by atoms with van der Waals surface area (Å²) in [6.45, 7) is 0. The van der Waals surface area contributed by atoms with Crippen LogP contribution in [0.15, 0.2) is 66.7 Å². The zero-order valence-electron chi connectivity index (χ0n) is 11.6. The lowest BCUT2D eigenvalue weighted by Crippen LogP contribution is -1.80. The molecule has 22 heavy (non-hydrogen) atoms. The number of hydrogen-bond donors (Lipinski definition) is 0. The molecule has 0 aliphatic rings. The van der Waals surface area contributed by atoms with Crippen LogP contribution in [0.3, 0.4) is 0 Å². The fourth-order valence-corrected chi connectivity index (χ4v) is 4.56. The lowest BCUT2D eigenvalue weighted by atomic mass is 9.98. The molecule has 0 amide bonds. The number of thiophene rings is 1. The van der Waals surface area contributed by atoms with E-state index in [-0.39, 0.29) is 0 Å². The predicted molar refractivity (Wildman–Crippen MR) is 99.4 cm³/mol. The molecule has 0 saturated heterocycles. The average Bonchev–Trinajstić information content (AvgIpc) is 2.93. The van der Waals surface area contributed by atoms with E-state index in [9.17, 15) is 0 Å². The fraction of sp³-hybridized carbons (Fsp3) is 0. The van der Waals surface area contributed by atoms with Gasteiger partial charge in [-0.1, -0.05) is 60.1 Å². The molecule has 0 fully saturated rings. The van der Waals surface area contributed by atoms with E-state index in [0.29, 0.717) is 0 Å². The summed E-state index contributed by atoms with van der Waals surface area (Å²) >= 11 is 7.86. The fourth-order valence-electron chi connectivity index (χ4n) is 3.30. The van der Waals surface area contributed by atoms with Crippen molar-refractivity contribution in [1.82, 2.24) is 0 Å². The van der Waals surface area contributed by atoms with Gasteiger partial charge in [-0.15, -0.1) is 11.3 Å². The zero-order valence-corrected chi connectivity index (χ0v) is 13.2. The minimum Gasteiger partial charge on any atom is -0.123 e. The standard InChI is InChI=1S/C20H11ClS/c21-19-11-15-6-7-16-17(20(15)22-19)8-5-14-9-12-3-1-2-4-13(12)10-18(14)16/h1-11H. The maximum Gasteiger partial charge on any atom is 0.0941 e. The molecule has 1 heterocycles. The molecule has 0 unspecified atom stereocenters. The van der Waals surface area contributed by atoms with Crippen molar-refractivity contribution in [3.05, 3.63) is 71.1 Å². The van der Waals surface area contributed by atoms with Gasteiger partial charge in [-0.25, -0.2) is 0 Å². The summed E-state index contributed by atoms with van der Waals surface area (Å²) in [5, 5.41) is 8.98. The summed E-state index contributed by atoms with van der Waals surface area (Å²) in [5.41, 5.74) is 0. The number of rotatable bonds is 0. The molecule has 104 valence electrons. The van der Waals surface area contributed by atoms with Crippen LogP contribution in [0.2, 0.25) is 4.34 Å². The molecule has 5 rings (SSSR count). The van der Waals surface area contributed by atoms with E-state index in [4.69, 9.17) is 11.6 Å². The highest BCUT2D eigenvalue weighted by molar-refractivity contribution is 7.23. The summed E-state index contributed by atoms with van der Waals surface area (Å²) in [4.78, 5) is 0. The van der Waals surface area contributed by atoms with Crippen molar-refractivity contribution in [1.29, 1.82) is 0 Å². The maximum atomic E-state index is 6.20. The van der Waals surface area contributed by atoms with Crippen LogP contribution >= 0.6 is 22.9 Å². The highest BCUT2D eigenvalue weighted by atomic mass is 35.5. The second-order valence-electron chi connectivity index (χ2n) is 5.62. The SMILES string of the molecule is Clc1cc2ccc3c4cc5ccccc5cc4ccc3c2s1. The van der Waals surface area contributed by atoms with Gasteiger partial charge in [-0.2, -0.15) is 0 Å². The molecular weight excluding hydrogens is 308 g/mol. The molecule has 0 aliphatic heterocycles. The van der Waals surface area contributed by atoms with E-state index in [1.165, 1.54) is 42.4 Å². The summed E-state index contributed by atoms with van der Waals surface area (Å²) < 4.78 is 2.12. The van der Waals surface area contributed by atoms with E-state index in [2.05, 4.69) is 60.7 Å². The zero-order chi connectivity index (χ0) is 14.7. The van der Waals surface area contributed by atoms with Gasteiger partial charge in [0.1, 0.15) is 0 Å². The highest BCUT2D eigenvalue weighted by Gasteiger charge is 2.08. The Morgan fingerprint density at radius 1 is 0.591 bits per heavy atom. The molecule has 5 aromatic rings. The molecule has 0 atom stereocenters. The van der Waals surface area contributed by atoms with Crippen molar-refractivity contribution < 1.29 is 0 Å². The third kappa shape index (κ3) is 1.70. The molecule has 0 saturated carbocycles. The largest absolute Gasteiger partial charge is 0.123 e. The number of halogens is 1. The van der Waals surface area contributed by atoms with E-state index >= 15 is 0 Å². The molecule has 0 aliphatic carbocycles. The molecule has 1 aromatic heterocycles. The van der Waals surface area contributed by atoms with E-state index < -0.39 is 0 Å². The van der Waals surface area contributed by atoms with Crippen LogP contribution in [0.1, 0.15) is 0 Å². The molecular formula is C20H11ClS. The van der Waals surface area contributed by atoms with Gasteiger partial charge in [0.2, 0.25) is 0 Å². The van der Waals surface area contributed by atoms with Gasteiger partial charge in [0.25, 0.3) is 0 Å². The Morgan fingerprint density at radius 2 is 1.32 bits per heavy atom. The van der Waals surface area contributed by atoms with Gasteiger partial charge in [-0.05, 0) is 50.5 Å². The van der Waals surface area contributed by atoms with Crippen molar-refractivity contribution in [2.75, 3.05) is 0 Å². The first-order chi connectivity index (χ1) is 10.8. The van der Waals surface area contributed by atoms with Crippen molar-refractivity contribution in [2.45, 2.75) is 0 Å². The highest BCUT2D eigenvalue weighted by Crippen LogP contribution is 2.38. The lowest BCUT2D eigenvalue weighted by Gasteiger charge is -2.07. The molecule has 0 spiro atoms. The van der Waals surface area contributed by atoms with Crippen LogP contribution in [0.5, 0.6) is 0 Å². The molecule has 0 bridgehead atoms. The van der Waals surface area contributed by atoms with Crippen LogP contribution in [0.4, 0.5) is 0 Å². The first kappa shape index (κ1) is 12.5. The van der Waals surface area contributed by atoms with Crippen molar-refractivity contribution >= 4 is 65.3 Å².